The molecule has 9 nitrogen and oxygen atoms in total. The van der Waals surface area contributed by atoms with Gasteiger partial charge in [-0.05, 0) is 30.3 Å². The molecule has 3 aromatic rings. The Hall–Kier alpha value is -3.44. The standard InChI is InChI=1S/C21H19FN2O7S/c1-29-21(26)13-6-7-15(22)17(12-13)32(27,28)23-18-14-4-2-3-5-16(14)31-19(18)20(25)24-8-10-30-11-9-24/h2-7,12,23H,8-11H2,1H3. The molecule has 4 rings (SSSR count). The fourth-order valence-corrected chi connectivity index (χ4v) is 4.54. The number of halogens is 1. The van der Waals surface area contributed by atoms with Gasteiger partial charge in [-0.1, -0.05) is 12.1 Å². The summed E-state index contributed by atoms with van der Waals surface area (Å²) in [6.45, 7) is 1.33. The van der Waals surface area contributed by atoms with E-state index in [9.17, 15) is 22.4 Å². The van der Waals surface area contributed by atoms with Gasteiger partial charge in [0.1, 0.15) is 22.0 Å². The predicted molar refractivity (Wildman–Crippen MR) is 111 cm³/mol. The number of amides is 1. The highest BCUT2D eigenvalue weighted by Gasteiger charge is 2.30. The predicted octanol–water partition coefficient (Wildman–Crippen LogP) is 2.63. The normalized spacial score (nSPS) is 14.4. The monoisotopic (exact) mass is 462 g/mol. The van der Waals surface area contributed by atoms with Crippen LogP contribution in [0.5, 0.6) is 0 Å². The Morgan fingerprint density at radius 3 is 2.56 bits per heavy atom. The first-order valence-electron chi connectivity index (χ1n) is 9.61. The summed E-state index contributed by atoms with van der Waals surface area (Å²) in [6, 6.07) is 9.32. The highest BCUT2D eigenvalue weighted by Crippen LogP contribution is 2.34. The highest BCUT2D eigenvalue weighted by molar-refractivity contribution is 7.92. The molecule has 0 unspecified atom stereocenters. The summed E-state index contributed by atoms with van der Waals surface area (Å²) in [5.41, 5.74) is 0.0292. The van der Waals surface area contributed by atoms with E-state index in [-0.39, 0.29) is 22.6 Å². The Balaban J connectivity index is 1.78. The van der Waals surface area contributed by atoms with Gasteiger partial charge in [0, 0.05) is 18.5 Å². The number of sulfonamides is 1. The van der Waals surface area contributed by atoms with Crippen molar-refractivity contribution in [1.29, 1.82) is 0 Å². The SMILES string of the molecule is COC(=O)c1ccc(F)c(S(=O)(=O)Nc2c(C(=O)N3CCOCC3)oc3ccccc23)c1. The topological polar surface area (TPSA) is 115 Å². The number of carbonyl (C=O) groups is 2. The van der Waals surface area contributed by atoms with Crippen LogP contribution in [0.4, 0.5) is 10.1 Å². The molecule has 1 aliphatic heterocycles. The molecule has 1 fully saturated rings. The molecule has 1 aromatic heterocycles. The smallest absolute Gasteiger partial charge is 0.337 e. The van der Waals surface area contributed by atoms with Crippen molar-refractivity contribution in [3.8, 4) is 0 Å². The first kappa shape index (κ1) is 21.8. The van der Waals surface area contributed by atoms with E-state index in [1.54, 1.807) is 24.3 Å². The lowest BCUT2D eigenvalue weighted by Gasteiger charge is -2.26. The largest absolute Gasteiger partial charge is 0.465 e. The van der Waals surface area contributed by atoms with Gasteiger partial charge in [0.25, 0.3) is 15.9 Å². The summed E-state index contributed by atoms with van der Waals surface area (Å²) in [5.74, 6) is -2.63. The molecule has 168 valence electrons. The first-order valence-corrected chi connectivity index (χ1v) is 11.1. The number of morpholine rings is 1. The summed E-state index contributed by atoms with van der Waals surface area (Å²) in [4.78, 5) is 25.6. The van der Waals surface area contributed by atoms with Crippen molar-refractivity contribution in [2.75, 3.05) is 38.1 Å². The van der Waals surface area contributed by atoms with Crippen LogP contribution in [-0.2, 0) is 19.5 Å². The maximum atomic E-state index is 14.4. The number of fused-ring (bicyclic) bond motifs is 1. The van der Waals surface area contributed by atoms with E-state index < -0.39 is 32.6 Å². The molecule has 0 spiro atoms. The number of methoxy groups -OCH3 is 1. The number of hydrogen-bond acceptors (Lipinski definition) is 7. The Labute approximate surface area is 182 Å². The third kappa shape index (κ3) is 4.04. The fraction of sp³-hybridized carbons (Fsp3) is 0.238. The molecule has 0 saturated carbocycles. The fourth-order valence-electron chi connectivity index (χ4n) is 3.35. The van der Waals surface area contributed by atoms with Gasteiger partial charge in [-0.15, -0.1) is 0 Å². The van der Waals surface area contributed by atoms with Crippen molar-refractivity contribution >= 4 is 38.6 Å². The zero-order valence-corrected chi connectivity index (χ0v) is 17.8. The zero-order chi connectivity index (χ0) is 22.9. The minimum atomic E-state index is -4.54. The average Bonchev–Trinajstić information content (AvgIpc) is 3.16. The molecular formula is C21H19FN2O7S. The summed E-state index contributed by atoms with van der Waals surface area (Å²) in [7, 11) is -3.42. The lowest BCUT2D eigenvalue weighted by Crippen LogP contribution is -2.40. The van der Waals surface area contributed by atoms with Gasteiger partial charge in [-0.2, -0.15) is 0 Å². The number of furan rings is 1. The van der Waals surface area contributed by atoms with Crippen molar-refractivity contribution in [3.63, 3.8) is 0 Å². The van der Waals surface area contributed by atoms with Gasteiger partial charge < -0.3 is 18.8 Å². The number of anilines is 1. The van der Waals surface area contributed by atoms with E-state index in [1.165, 1.54) is 4.90 Å². The van der Waals surface area contributed by atoms with Crippen LogP contribution in [0.2, 0.25) is 0 Å². The third-order valence-electron chi connectivity index (χ3n) is 4.97. The molecule has 2 aromatic carbocycles. The van der Waals surface area contributed by atoms with Gasteiger partial charge in [-0.25, -0.2) is 17.6 Å². The molecule has 1 aliphatic rings. The zero-order valence-electron chi connectivity index (χ0n) is 17.0. The number of carbonyl (C=O) groups excluding carboxylic acids is 2. The minimum absolute atomic E-state index is 0.111. The van der Waals surface area contributed by atoms with Gasteiger partial charge in [0.15, 0.2) is 0 Å². The molecule has 11 heteroatoms. The van der Waals surface area contributed by atoms with E-state index in [0.717, 1.165) is 25.3 Å². The van der Waals surface area contributed by atoms with Crippen molar-refractivity contribution < 1.29 is 36.3 Å². The molecule has 2 heterocycles. The first-order chi connectivity index (χ1) is 15.3. The number of nitrogens with one attached hydrogen (secondary N) is 1. The van der Waals surface area contributed by atoms with Gasteiger partial charge in [0.05, 0.1) is 25.9 Å². The van der Waals surface area contributed by atoms with Crippen LogP contribution in [0.15, 0.2) is 51.8 Å². The molecule has 1 saturated heterocycles. The lowest BCUT2D eigenvalue weighted by atomic mass is 10.2. The van der Waals surface area contributed by atoms with Crippen LogP contribution in [0.25, 0.3) is 11.0 Å². The Morgan fingerprint density at radius 1 is 1.12 bits per heavy atom. The molecule has 0 atom stereocenters. The van der Waals surface area contributed by atoms with Crippen molar-refractivity contribution in [3.05, 3.63) is 59.6 Å². The van der Waals surface area contributed by atoms with Crippen molar-refractivity contribution in [1.82, 2.24) is 4.90 Å². The Morgan fingerprint density at radius 2 is 1.84 bits per heavy atom. The third-order valence-corrected chi connectivity index (χ3v) is 6.33. The van der Waals surface area contributed by atoms with E-state index in [4.69, 9.17) is 9.15 Å². The van der Waals surface area contributed by atoms with E-state index in [1.807, 2.05) is 0 Å². The van der Waals surface area contributed by atoms with Crippen LogP contribution in [0.3, 0.4) is 0 Å². The summed E-state index contributed by atoms with van der Waals surface area (Å²) >= 11 is 0. The van der Waals surface area contributed by atoms with Gasteiger partial charge in [-0.3, -0.25) is 9.52 Å². The number of nitrogens with zero attached hydrogens (tertiary/aromatic N) is 1. The minimum Gasteiger partial charge on any atom is -0.465 e. The van der Waals surface area contributed by atoms with Crippen molar-refractivity contribution in [2.24, 2.45) is 0 Å². The number of ether oxygens (including phenoxy) is 2. The van der Waals surface area contributed by atoms with Crippen LogP contribution in [-0.4, -0.2) is 58.6 Å². The molecule has 32 heavy (non-hydrogen) atoms. The summed E-state index contributed by atoms with van der Waals surface area (Å²) in [5, 5.41) is 0.331. The van der Waals surface area contributed by atoms with Crippen molar-refractivity contribution in [2.45, 2.75) is 4.90 Å². The molecule has 0 radical (unpaired) electrons. The van der Waals surface area contributed by atoms with E-state index in [2.05, 4.69) is 9.46 Å². The number of para-hydroxylation sites is 1. The second kappa shape index (κ2) is 8.60. The quantitative estimate of drug-likeness (QED) is 0.580. The maximum Gasteiger partial charge on any atom is 0.337 e. The molecule has 1 N–H and O–H groups in total. The molecule has 1 amide bonds. The van der Waals surface area contributed by atoms with Crippen LogP contribution in [0, 0.1) is 5.82 Å². The number of benzene rings is 2. The van der Waals surface area contributed by atoms with Crippen LogP contribution < -0.4 is 4.72 Å². The Kier molecular flexibility index (Phi) is 5.85. The highest BCUT2D eigenvalue weighted by atomic mass is 32.2. The average molecular weight is 462 g/mol. The molecule has 0 aliphatic carbocycles. The maximum absolute atomic E-state index is 14.4. The molecule has 0 bridgehead atoms. The summed E-state index contributed by atoms with van der Waals surface area (Å²) < 4.78 is 58.4. The lowest BCUT2D eigenvalue weighted by molar-refractivity contribution is 0.0285. The van der Waals surface area contributed by atoms with Crippen LogP contribution >= 0.6 is 0 Å². The second-order valence-corrected chi connectivity index (χ2v) is 8.60. The van der Waals surface area contributed by atoms with E-state index in [0.29, 0.717) is 31.7 Å². The number of esters is 1. The van der Waals surface area contributed by atoms with Gasteiger partial charge in [0.2, 0.25) is 5.76 Å². The number of rotatable bonds is 5. The Bertz CT molecular complexity index is 1300. The molecular weight excluding hydrogens is 443 g/mol. The van der Waals surface area contributed by atoms with E-state index >= 15 is 0 Å². The van der Waals surface area contributed by atoms with Crippen LogP contribution in [0.1, 0.15) is 20.9 Å². The van der Waals surface area contributed by atoms with Gasteiger partial charge >= 0.3 is 5.97 Å². The number of hydrogen-bond donors (Lipinski definition) is 1. The second-order valence-electron chi connectivity index (χ2n) is 6.95. The summed E-state index contributed by atoms with van der Waals surface area (Å²) in [6.07, 6.45) is 0.